The van der Waals surface area contributed by atoms with Crippen molar-refractivity contribution in [2.75, 3.05) is 0 Å². The van der Waals surface area contributed by atoms with E-state index in [1.165, 1.54) is 12.1 Å². The number of hydrogen-bond donors (Lipinski definition) is 0. The van der Waals surface area contributed by atoms with Gasteiger partial charge in [-0.15, -0.1) is 0 Å². The lowest BCUT2D eigenvalue weighted by Crippen LogP contribution is -2.11. The van der Waals surface area contributed by atoms with Gasteiger partial charge in [-0.2, -0.15) is 0 Å². The molecule has 92 valence electrons. The molecule has 0 aliphatic rings. The van der Waals surface area contributed by atoms with Crippen molar-refractivity contribution < 1.29 is 4.39 Å². The lowest BCUT2D eigenvalue weighted by Gasteiger charge is -2.04. The number of aromatic nitrogens is 2. The van der Waals surface area contributed by atoms with Crippen LogP contribution in [-0.2, 0) is 0 Å². The maximum Gasteiger partial charge on any atom is 0.279 e. The molecular weight excluding hydrogens is 243 g/mol. The second-order valence-electron chi connectivity index (χ2n) is 4.50. The number of fused-ring (bicyclic) bond motifs is 5. The van der Waals surface area contributed by atoms with E-state index in [2.05, 4.69) is 0 Å². The van der Waals surface area contributed by atoms with Gasteiger partial charge in [0.15, 0.2) is 0 Å². The molecule has 4 aromatic rings. The number of benzene rings is 2. The summed E-state index contributed by atoms with van der Waals surface area (Å²) in [5, 5.41) is 1.42. The van der Waals surface area contributed by atoms with Crippen molar-refractivity contribution in [3.8, 4) is 0 Å². The topological polar surface area (TPSA) is 25.9 Å². The molecule has 0 bridgehead atoms. The van der Waals surface area contributed by atoms with E-state index >= 15 is 0 Å². The minimum absolute atomic E-state index is 0.0678. The maximum atomic E-state index is 13.3. The Kier molecular flexibility index (Phi) is 1.87. The molecule has 0 unspecified atom stereocenters. The molecule has 0 radical (unpaired) electrons. The number of hydrogen-bond acceptors (Lipinski definition) is 1. The molecule has 4 rings (SSSR count). The Morgan fingerprint density at radius 1 is 0.947 bits per heavy atom. The summed E-state index contributed by atoms with van der Waals surface area (Å²) in [4.78, 5) is 12.3. The Labute approximate surface area is 107 Å². The highest BCUT2D eigenvalue weighted by Gasteiger charge is 2.09. The molecule has 0 aliphatic heterocycles. The average Bonchev–Trinajstić information content (AvgIpc) is 2.73. The van der Waals surface area contributed by atoms with Crippen LogP contribution in [0.1, 0.15) is 0 Å². The third kappa shape index (κ3) is 1.28. The van der Waals surface area contributed by atoms with Gasteiger partial charge < -0.3 is 0 Å². The van der Waals surface area contributed by atoms with E-state index in [1.54, 1.807) is 28.9 Å². The second kappa shape index (κ2) is 3.45. The maximum absolute atomic E-state index is 13.3. The Balaban J connectivity index is 2.39. The van der Waals surface area contributed by atoms with Crippen molar-refractivity contribution in [3.05, 3.63) is 70.9 Å². The molecule has 0 N–H and O–H groups in total. The van der Waals surface area contributed by atoms with Crippen LogP contribution in [0.25, 0.3) is 21.8 Å². The van der Waals surface area contributed by atoms with Crippen molar-refractivity contribution in [3.63, 3.8) is 0 Å². The van der Waals surface area contributed by atoms with Crippen molar-refractivity contribution in [2.45, 2.75) is 0 Å². The first-order chi connectivity index (χ1) is 9.25. The minimum Gasteiger partial charge on any atom is -0.267 e. The highest BCUT2D eigenvalue weighted by atomic mass is 19.1. The second-order valence-corrected chi connectivity index (χ2v) is 4.50. The van der Waals surface area contributed by atoms with Crippen molar-refractivity contribution in [2.24, 2.45) is 0 Å². The lowest BCUT2D eigenvalue weighted by atomic mass is 10.2. The zero-order valence-corrected chi connectivity index (χ0v) is 9.88. The van der Waals surface area contributed by atoms with Crippen LogP contribution in [-0.4, -0.2) is 9.03 Å². The quantitative estimate of drug-likeness (QED) is 0.472. The normalized spacial score (nSPS) is 11.6. The molecule has 2 aromatic heterocycles. The summed E-state index contributed by atoms with van der Waals surface area (Å²) in [7, 11) is 0. The van der Waals surface area contributed by atoms with Gasteiger partial charge in [-0.3, -0.25) is 4.79 Å². The number of para-hydroxylation sites is 1. The highest BCUT2D eigenvalue weighted by molar-refractivity contribution is 5.86. The summed E-state index contributed by atoms with van der Waals surface area (Å²) >= 11 is 0. The zero-order valence-electron chi connectivity index (χ0n) is 9.88. The van der Waals surface area contributed by atoms with Gasteiger partial charge in [-0.05, 0) is 36.4 Å². The van der Waals surface area contributed by atoms with E-state index in [0.717, 1.165) is 16.4 Å². The van der Waals surface area contributed by atoms with Crippen molar-refractivity contribution >= 4 is 21.8 Å². The van der Waals surface area contributed by atoms with Crippen LogP contribution in [0.4, 0.5) is 4.39 Å². The first kappa shape index (κ1) is 10.3. The van der Waals surface area contributed by atoms with Crippen LogP contribution in [0.5, 0.6) is 0 Å². The Hall–Kier alpha value is -2.62. The third-order valence-electron chi connectivity index (χ3n) is 3.40. The van der Waals surface area contributed by atoms with Crippen molar-refractivity contribution in [1.29, 1.82) is 0 Å². The van der Waals surface area contributed by atoms with E-state index in [4.69, 9.17) is 0 Å². The molecule has 0 saturated heterocycles. The van der Waals surface area contributed by atoms with Gasteiger partial charge in [0, 0.05) is 11.6 Å². The van der Waals surface area contributed by atoms with Crippen molar-refractivity contribution in [1.82, 2.24) is 9.03 Å². The molecule has 19 heavy (non-hydrogen) atoms. The molecule has 2 aromatic carbocycles. The largest absolute Gasteiger partial charge is 0.279 e. The first-order valence-electron chi connectivity index (χ1n) is 5.96. The summed E-state index contributed by atoms with van der Waals surface area (Å²) in [5.74, 6) is -0.282. The Morgan fingerprint density at radius 2 is 1.79 bits per heavy atom. The molecule has 2 heterocycles. The first-order valence-corrected chi connectivity index (χ1v) is 5.96. The standard InChI is InChI=1S/C15H9FN2O/c16-11-5-6-13-10(9-11)7-8-17-15(19)12-3-1-2-4-14(12)18(13)17/h1-9H. The molecule has 0 aliphatic carbocycles. The molecule has 4 heteroatoms. The Morgan fingerprint density at radius 3 is 2.68 bits per heavy atom. The fraction of sp³-hybridized carbons (Fsp3) is 0. The molecule has 0 atom stereocenters. The van der Waals surface area contributed by atoms with Gasteiger partial charge in [0.1, 0.15) is 5.82 Å². The highest BCUT2D eigenvalue weighted by Crippen LogP contribution is 2.18. The van der Waals surface area contributed by atoms with Gasteiger partial charge >= 0.3 is 0 Å². The third-order valence-corrected chi connectivity index (χ3v) is 3.40. The minimum atomic E-state index is -0.282. The van der Waals surface area contributed by atoms with Crippen LogP contribution < -0.4 is 5.56 Å². The van der Waals surface area contributed by atoms with E-state index in [1.807, 2.05) is 22.7 Å². The number of halogens is 1. The van der Waals surface area contributed by atoms with Crippen LogP contribution in [0, 0.1) is 5.82 Å². The van der Waals surface area contributed by atoms with Crippen LogP contribution >= 0.6 is 0 Å². The molecule has 0 spiro atoms. The summed E-state index contributed by atoms with van der Waals surface area (Å²) in [6.07, 6.45) is 1.67. The lowest BCUT2D eigenvalue weighted by molar-refractivity contribution is 0.629. The predicted octanol–water partition coefficient (Wildman–Crippen LogP) is 2.84. The molecule has 0 amide bonds. The molecule has 0 fully saturated rings. The smallest absolute Gasteiger partial charge is 0.267 e. The fourth-order valence-corrected chi connectivity index (χ4v) is 2.55. The monoisotopic (exact) mass is 252 g/mol. The van der Waals surface area contributed by atoms with Gasteiger partial charge in [-0.25, -0.2) is 13.4 Å². The zero-order chi connectivity index (χ0) is 13.0. The van der Waals surface area contributed by atoms with E-state index in [9.17, 15) is 9.18 Å². The van der Waals surface area contributed by atoms with Crippen LogP contribution in [0.2, 0.25) is 0 Å². The Bertz CT molecular complexity index is 997. The van der Waals surface area contributed by atoms with E-state index in [0.29, 0.717) is 5.39 Å². The fourth-order valence-electron chi connectivity index (χ4n) is 2.55. The molecule has 3 nitrogen and oxygen atoms in total. The molecule has 0 saturated carbocycles. The molecular formula is C15H9FN2O. The summed E-state index contributed by atoms with van der Waals surface area (Å²) in [5.41, 5.74) is 1.56. The van der Waals surface area contributed by atoms with Gasteiger partial charge in [0.05, 0.1) is 16.4 Å². The number of nitrogens with zero attached hydrogens (tertiary/aromatic N) is 2. The number of rotatable bonds is 0. The van der Waals surface area contributed by atoms with Crippen LogP contribution in [0.3, 0.4) is 0 Å². The average molecular weight is 252 g/mol. The summed E-state index contributed by atoms with van der Waals surface area (Å²) < 4.78 is 16.6. The SMILES string of the molecule is O=c1c2ccccc2n2c3ccc(F)cc3ccn12. The van der Waals surface area contributed by atoms with Crippen LogP contribution in [0.15, 0.2) is 59.5 Å². The van der Waals surface area contributed by atoms with E-state index < -0.39 is 0 Å². The predicted molar refractivity (Wildman–Crippen MR) is 72.1 cm³/mol. The summed E-state index contributed by atoms with van der Waals surface area (Å²) in [6.45, 7) is 0. The van der Waals surface area contributed by atoms with E-state index in [-0.39, 0.29) is 11.4 Å². The van der Waals surface area contributed by atoms with Gasteiger partial charge in [-0.1, -0.05) is 12.1 Å². The van der Waals surface area contributed by atoms with Gasteiger partial charge in [0.2, 0.25) is 0 Å². The van der Waals surface area contributed by atoms with Gasteiger partial charge in [0.25, 0.3) is 5.56 Å². The summed E-state index contributed by atoms with van der Waals surface area (Å²) in [6, 6.07) is 13.7.